The van der Waals surface area contributed by atoms with Crippen molar-refractivity contribution in [1.29, 1.82) is 0 Å². The monoisotopic (exact) mass is 332 g/mol. The number of carbonyl (C=O) groups excluding carboxylic acids is 2. The van der Waals surface area contributed by atoms with Gasteiger partial charge in [0.2, 0.25) is 0 Å². The van der Waals surface area contributed by atoms with Crippen LogP contribution in [0.4, 0.5) is 0 Å². The molecule has 1 rings (SSSR count). The van der Waals surface area contributed by atoms with Crippen molar-refractivity contribution in [3.05, 3.63) is 34.4 Å². The van der Waals surface area contributed by atoms with Crippen molar-refractivity contribution in [2.75, 3.05) is 0 Å². The molecule has 24 heavy (non-hydrogen) atoms. The number of hydrogen-bond acceptors (Lipinski definition) is 4. The molecular formula is C20H28O4-2. The molecule has 0 aliphatic carbocycles. The summed E-state index contributed by atoms with van der Waals surface area (Å²) in [4.78, 5) is 22.9. The van der Waals surface area contributed by atoms with Crippen LogP contribution in [0.5, 0.6) is 0 Å². The molecule has 0 bridgehead atoms. The van der Waals surface area contributed by atoms with Gasteiger partial charge in [-0.25, -0.2) is 0 Å². The maximum atomic E-state index is 11.4. The molecule has 0 fully saturated rings. The number of hydrogen-bond donors (Lipinski definition) is 0. The van der Waals surface area contributed by atoms with E-state index < -0.39 is 11.9 Å². The summed E-state index contributed by atoms with van der Waals surface area (Å²) in [5, 5.41) is 22.9. The minimum atomic E-state index is -1.24. The lowest BCUT2D eigenvalue weighted by Gasteiger charge is -2.20. The van der Waals surface area contributed by atoms with Gasteiger partial charge in [0.15, 0.2) is 0 Å². The van der Waals surface area contributed by atoms with Crippen LogP contribution in [0.2, 0.25) is 0 Å². The third-order valence-electron chi connectivity index (χ3n) is 4.43. The van der Waals surface area contributed by atoms with E-state index in [1.165, 1.54) is 12.1 Å². The van der Waals surface area contributed by atoms with Crippen molar-refractivity contribution in [2.24, 2.45) is 0 Å². The molecule has 0 atom stereocenters. The van der Waals surface area contributed by atoms with Gasteiger partial charge in [0.05, 0.1) is 11.9 Å². The Morgan fingerprint density at radius 2 is 1.08 bits per heavy atom. The summed E-state index contributed by atoms with van der Waals surface area (Å²) in [5.74, 6) is -2.47. The van der Waals surface area contributed by atoms with Gasteiger partial charge >= 0.3 is 0 Å². The van der Waals surface area contributed by atoms with E-state index in [2.05, 4.69) is 13.8 Å². The molecule has 0 aliphatic heterocycles. The van der Waals surface area contributed by atoms with Gasteiger partial charge < -0.3 is 19.8 Å². The zero-order valence-electron chi connectivity index (χ0n) is 14.9. The minimum absolute atomic E-state index is 0.127. The average Bonchev–Trinajstić information content (AvgIpc) is 2.55. The summed E-state index contributed by atoms with van der Waals surface area (Å²) in [6, 6.07) is 2.70. The summed E-state index contributed by atoms with van der Waals surface area (Å²) < 4.78 is 0. The Hall–Kier alpha value is -1.84. The first-order valence-corrected chi connectivity index (χ1v) is 9.10. The molecule has 0 radical (unpaired) electrons. The van der Waals surface area contributed by atoms with Crippen LogP contribution in [0.3, 0.4) is 0 Å². The number of carboxylic acids is 2. The molecule has 134 valence electrons. The lowest BCUT2D eigenvalue weighted by Crippen LogP contribution is -2.28. The van der Waals surface area contributed by atoms with E-state index in [9.17, 15) is 19.8 Å². The van der Waals surface area contributed by atoms with Gasteiger partial charge in [-0.1, -0.05) is 64.5 Å². The van der Waals surface area contributed by atoms with Crippen molar-refractivity contribution in [3.63, 3.8) is 0 Å². The molecule has 0 spiro atoms. The van der Waals surface area contributed by atoms with E-state index in [1.807, 2.05) is 0 Å². The van der Waals surface area contributed by atoms with Crippen LogP contribution >= 0.6 is 0 Å². The molecule has 1 aromatic carbocycles. The van der Waals surface area contributed by atoms with Gasteiger partial charge in [0, 0.05) is 11.1 Å². The second kappa shape index (κ2) is 10.8. The number of rotatable bonds is 12. The third kappa shape index (κ3) is 5.99. The average molecular weight is 332 g/mol. The van der Waals surface area contributed by atoms with Crippen LogP contribution in [-0.2, 0) is 12.8 Å². The molecule has 0 N–H and O–H groups in total. The summed E-state index contributed by atoms with van der Waals surface area (Å²) >= 11 is 0. The highest BCUT2D eigenvalue weighted by molar-refractivity contribution is 5.93. The van der Waals surface area contributed by atoms with Crippen molar-refractivity contribution in [3.8, 4) is 0 Å². The smallest absolute Gasteiger partial charge is 0.0718 e. The maximum absolute atomic E-state index is 11.4. The Kier molecular flexibility index (Phi) is 9.13. The van der Waals surface area contributed by atoms with E-state index in [1.54, 1.807) is 0 Å². The van der Waals surface area contributed by atoms with Gasteiger partial charge in [-0.3, -0.25) is 0 Å². The summed E-state index contributed by atoms with van der Waals surface area (Å²) in [7, 11) is 0. The summed E-state index contributed by atoms with van der Waals surface area (Å²) in [6.45, 7) is 4.23. The molecule has 4 heteroatoms. The number of benzene rings is 1. The van der Waals surface area contributed by atoms with Crippen molar-refractivity contribution in [2.45, 2.75) is 78.1 Å². The zero-order chi connectivity index (χ0) is 17.9. The quantitative estimate of drug-likeness (QED) is 0.551. The Labute approximate surface area is 144 Å². The van der Waals surface area contributed by atoms with Crippen LogP contribution in [-0.4, -0.2) is 11.9 Å². The van der Waals surface area contributed by atoms with Gasteiger partial charge in [-0.15, -0.1) is 0 Å². The molecule has 0 heterocycles. The first-order valence-electron chi connectivity index (χ1n) is 9.10. The highest BCUT2D eigenvalue weighted by Crippen LogP contribution is 2.24. The van der Waals surface area contributed by atoms with Crippen LogP contribution < -0.4 is 10.2 Å². The van der Waals surface area contributed by atoms with Crippen molar-refractivity contribution >= 4 is 11.9 Å². The van der Waals surface area contributed by atoms with Gasteiger partial charge in [-0.05, 0) is 36.8 Å². The fourth-order valence-corrected chi connectivity index (χ4v) is 3.10. The third-order valence-corrected chi connectivity index (χ3v) is 4.43. The van der Waals surface area contributed by atoms with Gasteiger partial charge in [0.25, 0.3) is 0 Å². The van der Waals surface area contributed by atoms with Crippen molar-refractivity contribution in [1.82, 2.24) is 0 Å². The molecule has 0 unspecified atom stereocenters. The van der Waals surface area contributed by atoms with Crippen molar-refractivity contribution < 1.29 is 19.8 Å². The van der Waals surface area contributed by atoms with Gasteiger partial charge in [0.1, 0.15) is 0 Å². The van der Waals surface area contributed by atoms with E-state index >= 15 is 0 Å². The van der Waals surface area contributed by atoms with Crippen LogP contribution in [0.1, 0.15) is 97.1 Å². The number of aromatic carboxylic acids is 2. The molecule has 4 nitrogen and oxygen atoms in total. The number of carboxylic acid groups (broad SMARTS) is 2. The fraction of sp³-hybridized carbons (Fsp3) is 0.600. The maximum Gasteiger partial charge on any atom is 0.0718 e. The predicted molar refractivity (Wildman–Crippen MR) is 90.8 cm³/mol. The molecule has 0 saturated heterocycles. The van der Waals surface area contributed by atoms with E-state index in [0.717, 1.165) is 51.4 Å². The Balaban J connectivity index is 3.11. The Morgan fingerprint density at radius 3 is 1.38 bits per heavy atom. The zero-order valence-corrected chi connectivity index (χ0v) is 14.9. The summed E-state index contributed by atoms with van der Waals surface area (Å²) in [5.41, 5.74) is 1.51. The number of unbranched alkanes of at least 4 members (excludes halogenated alkanes) is 6. The molecule has 0 amide bonds. The highest BCUT2D eigenvalue weighted by Gasteiger charge is 2.14. The van der Waals surface area contributed by atoms with E-state index in [-0.39, 0.29) is 11.1 Å². The fourth-order valence-electron chi connectivity index (χ4n) is 3.10. The normalized spacial score (nSPS) is 10.8. The van der Waals surface area contributed by atoms with Gasteiger partial charge in [-0.2, -0.15) is 0 Å². The standard InChI is InChI=1S/C20H30O4/c1-3-5-7-9-11-15-16(12-10-8-6-4-2)18(20(23)24)14-13-17(15)19(21)22/h13-14H,3-12H2,1-2H3,(H,21,22)(H,23,24)/p-2. The molecular weight excluding hydrogens is 304 g/mol. The Bertz CT molecular complexity index is 500. The predicted octanol–water partition coefficient (Wildman–Crippen LogP) is 2.66. The molecule has 0 aromatic heterocycles. The summed E-state index contributed by atoms with van der Waals surface area (Å²) in [6.07, 6.45) is 9.24. The lowest BCUT2D eigenvalue weighted by atomic mass is 9.89. The van der Waals surface area contributed by atoms with E-state index in [0.29, 0.717) is 24.0 Å². The second-order valence-corrected chi connectivity index (χ2v) is 6.31. The topological polar surface area (TPSA) is 80.3 Å². The van der Waals surface area contributed by atoms with Crippen LogP contribution in [0, 0.1) is 0 Å². The first-order chi connectivity index (χ1) is 11.5. The lowest BCUT2D eigenvalue weighted by molar-refractivity contribution is -0.256. The second-order valence-electron chi connectivity index (χ2n) is 6.31. The highest BCUT2D eigenvalue weighted by atomic mass is 16.4. The molecule has 0 aliphatic rings. The van der Waals surface area contributed by atoms with Crippen LogP contribution in [0.25, 0.3) is 0 Å². The number of carbonyl (C=O) groups is 2. The SMILES string of the molecule is CCCCCCc1c(C(=O)[O-])ccc(C(=O)[O-])c1CCCCCC. The molecule has 0 saturated carbocycles. The minimum Gasteiger partial charge on any atom is -0.545 e. The van der Waals surface area contributed by atoms with Crippen LogP contribution in [0.15, 0.2) is 12.1 Å². The molecule has 1 aromatic rings. The Morgan fingerprint density at radius 1 is 0.708 bits per heavy atom. The van der Waals surface area contributed by atoms with E-state index in [4.69, 9.17) is 0 Å². The first kappa shape index (κ1) is 20.2. The largest absolute Gasteiger partial charge is 0.545 e.